The lowest BCUT2D eigenvalue weighted by Gasteiger charge is -2.27. The molecule has 2 rings (SSSR count). The van der Waals surface area contributed by atoms with Gasteiger partial charge in [-0.3, -0.25) is 0 Å². The first-order valence-corrected chi connectivity index (χ1v) is 7.43. The molecule has 3 heteroatoms. The van der Waals surface area contributed by atoms with Crippen LogP contribution >= 0.6 is 0 Å². The Bertz CT molecular complexity index is 403. The molecule has 0 saturated carbocycles. The number of nitrogens with one attached hydrogen (secondary N) is 1. The first kappa shape index (κ1) is 14.4. The second-order valence-electron chi connectivity index (χ2n) is 5.56. The van der Waals surface area contributed by atoms with Crippen molar-refractivity contribution < 1.29 is 0 Å². The molecule has 19 heavy (non-hydrogen) atoms. The number of fused-ring (bicyclic) bond motifs is 1. The Morgan fingerprint density at radius 3 is 3.00 bits per heavy atom. The van der Waals surface area contributed by atoms with Gasteiger partial charge in [-0.1, -0.05) is 19.1 Å². The van der Waals surface area contributed by atoms with Gasteiger partial charge in [-0.05, 0) is 43.6 Å². The summed E-state index contributed by atoms with van der Waals surface area (Å²) in [5, 5.41) is 3.53. The van der Waals surface area contributed by atoms with Crippen LogP contribution in [0.5, 0.6) is 0 Å². The summed E-state index contributed by atoms with van der Waals surface area (Å²) in [7, 11) is 4.35. The largest absolute Gasteiger partial charge is 0.374 e. The van der Waals surface area contributed by atoms with Crippen LogP contribution in [0.15, 0.2) is 18.2 Å². The van der Waals surface area contributed by atoms with Gasteiger partial charge in [0.1, 0.15) is 0 Å². The van der Waals surface area contributed by atoms with Gasteiger partial charge in [-0.2, -0.15) is 0 Å². The maximum Gasteiger partial charge on any atom is 0.0396 e. The van der Waals surface area contributed by atoms with Crippen LogP contribution in [0.2, 0.25) is 0 Å². The predicted octanol–water partition coefficient (Wildman–Crippen LogP) is 2.11. The van der Waals surface area contributed by atoms with E-state index in [9.17, 15) is 0 Å². The van der Waals surface area contributed by atoms with Crippen LogP contribution in [-0.2, 0) is 13.0 Å². The van der Waals surface area contributed by atoms with Gasteiger partial charge in [-0.25, -0.2) is 0 Å². The molecular formula is C16H27N3. The minimum Gasteiger partial charge on any atom is -0.374 e. The SMILES string of the molecule is CCN(C)CCNCc1ccc2c(c1)CCCN2C. The Labute approximate surface area is 117 Å². The fraction of sp³-hybridized carbons (Fsp3) is 0.625. The van der Waals surface area contributed by atoms with Crippen LogP contribution in [0, 0.1) is 0 Å². The van der Waals surface area contributed by atoms with Crippen molar-refractivity contribution in [1.29, 1.82) is 0 Å². The summed E-state index contributed by atoms with van der Waals surface area (Å²) in [5.74, 6) is 0. The monoisotopic (exact) mass is 261 g/mol. The molecule has 1 aliphatic rings. The van der Waals surface area contributed by atoms with Gasteiger partial charge in [0.25, 0.3) is 0 Å². The summed E-state index contributed by atoms with van der Waals surface area (Å²) in [6, 6.07) is 6.92. The third-order valence-corrected chi connectivity index (χ3v) is 4.03. The minimum atomic E-state index is 0.981. The number of likely N-dealkylation sites (N-methyl/N-ethyl adjacent to an activating group) is 1. The lowest BCUT2D eigenvalue weighted by atomic mass is 9.99. The molecule has 1 aromatic rings. The van der Waals surface area contributed by atoms with Crippen molar-refractivity contribution >= 4 is 5.69 Å². The van der Waals surface area contributed by atoms with E-state index in [1.54, 1.807) is 0 Å². The van der Waals surface area contributed by atoms with Gasteiger partial charge in [0, 0.05) is 38.9 Å². The Balaban J connectivity index is 1.85. The second-order valence-corrected chi connectivity index (χ2v) is 5.56. The Morgan fingerprint density at radius 2 is 2.21 bits per heavy atom. The summed E-state index contributed by atoms with van der Waals surface area (Å²) in [6.07, 6.45) is 2.51. The van der Waals surface area contributed by atoms with Crippen molar-refractivity contribution in [3.63, 3.8) is 0 Å². The summed E-state index contributed by atoms with van der Waals surface area (Å²) in [4.78, 5) is 4.70. The van der Waals surface area contributed by atoms with Gasteiger partial charge in [0.05, 0.1) is 0 Å². The zero-order valence-corrected chi connectivity index (χ0v) is 12.6. The summed E-state index contributed by atoms with van der Waals surface area (Å²) in [6.45, 7) is 7.65. The van der Waals surface area contributed by atoms with E-state index in [4.69, 9.17) is 0 Å². The molecule has 3 nitrogen and oxygen atoms in total. The highest BCUT2D eigenvalue weighted by Crippen LogP contribution is 2.26. The minimum absolute atomic E-state index is 0.981. The van der Waals surface area contributed by atoms with E-state index in [0.29, 0.717) is 0 Å². The standard InChI is InChI=1S/C16H27N3/c1-4-18(2)11-9-17-13-14-7-8-16-15(12-14)6-5-10-19(16)3/h7-8,12,17H,4-6,9-11,13H2,1-3H3. The van der Waals surface area contributed by atoms with Gasteiger partial charge in [-0.15, -0.1) is 0 Å². The first-order valence-electron chi connectivity index (χ1n) is 7.43. The van der Waals surface area contributed by atoms with Crippen molar-refractivity contribution in [2.45, 2.75) is 26.3 Å². The van der Waals surface area contributed by atoms with E-state index in [2.05, 4.69) is 54.3 Å². The molecule has 106 valence electrons. The van der Waals surface area contributed by atoms with E-state index >= 15 is 0 Å². The Morgan fingerprint density at radius 1 is 1.37 bits per heavy atom. The van der Waals surface area contributed by atoms with E-state index in [-0.39, 0.29) is 0 Å². The number of anilines is 1. The van der Waals surface area contributed by atoms with Crippen LogP contribution in [0.4, 0.5) is 5.69 Å². The lowest BCUT2D eigenvalue weighted by Crippen LogP contribution is -2.29. The summed E-state index contributed by atoms with van der Waals surface area (Å²) >= 11 is 0. The van der Waals surface area contributed by atoms with Crippen LogP contribution < -0.4 is 10.2 Å². The van der Waals surface area contributed by atoms with Crippen molar-refractivity contribution in [2.75, 3.05) is 45.2 Å². The summed E-state index contributed by atoms with van der Waals surface area (Å²) < 4.78 is 0. The summed E-state index contributed by atoms with van der Waals surface area (Å²) in [5.41, 5.74) is 4.34. The van der Waals surface area contributed by atoms with Crippen molar-refractivity contribution in [1.82, 2.24) is 10.2 Å². The maximum atomic E-state index is 3.53. The molecule has 0 spiro atoms. The van der Waals surface area contributed by atoms with Crippen molar-refractivity contribution in [3.8, 4) is 0 Å². The number of rotatable bonds is 6. The molecule has 1 aliphatic heterocycles. The fourth-order valence-electron chi connectivity index (χ4n) is 2.61. The van der Waals surface area contributed by atoms with Crippen molar-refractivity contribution in [2.24, 2.45) is 0 Å². The van der Waals surface area contributed by atoms with Crippen LogP contribution in [0.3, 0.4) is 0 Å². The molecule has 0 unspecified atom stereocenters. The molecule has 0 radical (unpaired) electrons. The second kappa shape index (κ2) is 6.92. The highest BCUT2D eigenvalue weighted by molar-refractivity contribution is 5.56. The van der Waals surface area contributed by atoms with Gasteiger partial charge < -0.3 is 15.1 Å². The average molecular weight is 261 g/mol. The Kier molecular flexibility index (Phi) is 5.23. The first-order chi connectivity index (χ1) is 9.20. The third kappa shape index (κ3) is 3.95. The fourth-order valence-corrected chi connectivity index (χ4v) is 2.61. The molecule has 1 heterocycles. The number of aryl methyl sites for hydroxylation is 1. The molecule has 1 aromatic carbocycles. The molecule has 0 bridgehead atoms. The molecule has 0 fully saturated rings. The number of nitrogens with zero attached hydrogens (tertiary/aromatic N) is 2. The molecule has 0 aliphatic carbocycles. The number of benzene rings is 1. The number of hydrogen-bond acceptors (Lipinski definition) is 3. The van der Waals surface area contributed by atoms with Gasteiger partial charge >= 0.3 is 0 Å². The van der Waals surface area contributed by atoms with Crippen LogP contribution in [0.25, 0.3) is 0 Å². The molecular weight excluding hydrogens is 234 g/mol. The highest BCUT2D eigenvalue weighted by Gasteiger charge is 2.13. The zero-order valence-electron chi connectivity index (χ0n) is 12.6. The molecule has 0 amide bonds. The number of hydrogen-bond donors (Lipinski definition) is 1. The van der Waals surface area contributed by atoms with Gasteiger partial charge in [0.2, 0.25) is 0 Å². The van der Waals surface area contributed by atoms with Crippen molar-refractivity contribution in [3.05, 3.63) is 29.3 Å². The maximum absolute atomic E-state index is 3.53. The van der Waals surface area contributed by atoms with Crippen LogP contribution in [-0.4, -0.2) is 45.2 Å². The van der Waals surface area contributed by atoms with Gasteiger partial charge in [0.15, 0.2) is 0 Å². The molecule has 0 atom stereocenters. The quantitative estimate of drug-likeness (QED) is 0.791. The molecule has 0 aromatic heterocycles. The third-order valence-electron chi connectivity index (χ3n) is 4.03. The molecule has 0 saturated heterocycles. The highest BCUT2D eigenvalue weighted by atomic mass is 15.1. The topological polar surface area (TPSA) is 18.5 Å². The van der Waals surface area contributed by atoms with E-state index < -0.39 is 0 Å². The van der Waals surface area contributed by atoms with E-state index in [1.165, 1.54) is 36.2 Å². The lowest BCUT2D eigenvalue weighted by molar-refractivity contribution is 0.349. The smallest absolute Gasteiger partial charge is 0.0396 e. The van der Waals surface area contributed by atoms with E-state index in [0.717, 1.165) is 26.2 Å². The average Bonchev–Trinajstić information content (AvgIpc) is 2.43. The molecule has 1 N–H and O–H groups in total. The predicted molar refractivity (Wildman–Crippen MR) is 82.9 cm³/mol. The zero-order chi connectivity index (χ0) is 13.7. The van der Waals surface area contributed by atoms with Crippen LogP contribution in [0.1, 0.15) is 24.5 Å². The Hall–Kier alpha value is -1.06. The normalized spacial score (nSPS) is 14.8. The van der Waals surface area contributed by atoms with E-state index in [1.807, 2.05) is 0 Å².